The van der Waals surface area contributed by atoms with Gasteiger partial charge in [0.1, 0.15) is 0 Å². The van der Waals surface area contributed by atoms with Crippen molar-refractivity contribution in [1.29, 1.82) is 0 Å². The monoisotopic (exact) mass is 200 g/mol. The molecular formula is C15H20. The Hall–Kier alpha value is -1.56. The predicted octanol–water partition coefficient (Wildman–Crippen LogP) is 4.75. The van der Waals surface area contributed by atoms with Crippen molar-refractivity contribution < 1.29 is 0 Å². The van der Waals surface area contributed by atoms with Crippen molar-refractivity contribution in [2.24, 2.45) is 0 Å². The largest absolute Gasteiger partial charge is 0.103 e. The van der Waals surface area contributed by atoms with E-state index in [1.54, 1.807) is 6.08 Å². The summed E-state index contributed by atoms with van der Waals surface area (Å²) in [4.78, 5) is 0. The van der Waals surface area contributed by atoms with Gasteiger partial charge in [-0.1, -0.05) is 55.7 Å². The zero-order valence-corrected chi connectivity index (χ0v) is 9.58. The highest BCUT2D eigenvalue weighted by molar-refractivity contribution is 5.43. The third-order valence-electron chi connectivity index (χ3n) is 1.95. The van der Waals surface area contributed by atoms with E-state index in [0.717, 1.165) is 12.8 Å². The van der Waals surface area contributed by atoms with E-state index in [1.807, 2.05) is 37.3 Å². The Balaban J connectivity index is 4.91. The Morgan fingerprint density at radius 2 is 1.73 bits per heavy atom. The first-order valence-electron chi connectivity index (χ1n) is 5.18. The van der Waals surface area contributed by atoms with Gasteiger partial charge in [-0.3, -0.25) is 0 Å². The summed E-state index contributed by atoms with van der Waals surface area (Å²) in [5, 5.41) is 0. The Labute approximate surface area is 93.7 Å². The highest BCUT2D eigenvalue weighted by atomic mass is 14.0. The summed E-state index contributed by atoms with van der Waals surface area (Å²) >= 11 is 0. The van der Waals surface area contributed by atoms with Gasteiger partial charge in [-0.25, -0.2) is 0 Å². The van der Waals surface area contributed by atoms with Crippen molar-refractivity contribution in [2.75, 3.05) is 0 Å². The lowest BCUT2D eigenvalue weighted by Crippen LogP contribution is -1.86. The van der Waals surface area contributed by atoms with Crippen molar-refractivity contribution in [2.45, 2.75) is 19.8 Å². The fourth-order valence-corrected chi connectivity index (χ4v) is 1.30. The average Bonchev–Trinajstić information content (AvgIpc) is 2.24. The van der Waals surface area contributed by atoms with E-state index >= 15 is 0 Å². The van der Waals surface area contributed by atoms with Crippen LogP contribution in [-0.2, 0) is 0 Å². The molecule has 0 bridgehead atoms. The fraction of sp³-hybridized carbons (Fsp3) is 0.200. The number of rotatable bonds is 7. The second kappa shape index (κ2) is 9.01. The molecule has 0 heterocycles. The van der Waals surface area contributed by atoms with Crippen LogP contribution < -0.4 is 0 Å². The van der Waals surface area contributed by atoms with Gasteiger partial charge in [0, 0.05) is 0 Å². The molecule has 0 spiro atoms. The minimum Gasteiger partial charge on any atom is -0.103 e. The molecule has 0 aromatic rings. The first-order chi connectivity index (χ1) is 7.29. The summed E-state index contributed by atoms with van der Waals surface area (Å²) < 4.78 is 0. The lowest BCUT2D eigenvalue weighted by Gasteiger charge is -2.06. The van der Waals surface area contributed by atoms with Crippen LogP contribution in [0.1, 0.15) is 19.8 Å². The summed E-state index contributed by atoms with van der Waals surface area (Å²) in [5.41, 5.74) is 2.46. The second-order valence-electron chi connectivity index (χ2n) is 3.11. The van der Waals surface area contributed by atoms with E-state index in [4.69, 9.17) is 0 Å². The Bertz CT molecular complexity index is 298. The maximum Gasteiger partial charge on any atom is -0.0228 e. The lowest BCUT2D eigenvalue weighted by molar-refractivity contribution is 0.997. The molecule has 0 N–H and O–H groups in total. The van der Waals surface area contributed by atoms with Crippen LogP contribution in [0.25, 0.3) is 0 Å². The molecule has 0 saturated heterocycles. The molecule has 0 amide bonds. The lowest BCUT2D eigenvalue weighted by atomic mass is 9.99. The molecule has 0 saturated carbocycles. The molecule has 0 aliphatic carbocycles. The Kier molecular flexibility index (Phi) is 8.08. The van der Waals surface area contributed by atoms with Gasteiger partial charge in [0.2, 0.25) is 0 Å². The summed E-state index contributed by atoms with van der Waals surface area (Å²) in [6.45, 7) is 13.2. The maximum atomic E-state index is 3.73. The summed E-state index contributed by atoms with van der Waals surface area (Å²) in [7, 11) is 0. The molecular weight excluding hydrogens is 180 g/mol. The highest BCUT2D eigenvalue weighted by Crippen LogP contribution is 2.18. The first-order valence-corrected chi connectivity index (χ1v) is 5.18. The molecule has 0 unspecified atom stereocenters. The van der Waals surface area contributed by atoms with Crippen LogP contribution in [-0.4, -0.2) is 0 Å². The van der Waals surface area contributed by atoms with Gasteiger partial charge >= 0.3 is 0 Å². The van der Waals surface area contributed by atoms with E-state index in [2.05, 4.69) is 25.8 Å². The van der Waals surface area contributed by atoms with E-state index in [-0.39, 0.29) is 0 Å². The quantitative estimate of drug-likeness (QED) is 0.411. The van der Waals surface area contributed by atoms with Gasteiger partial charge in [-0.2, -0.15) is 0 Å². The van der Waals surface area contributed by atoms with Gasteiger partial charge in [0.05, 0.1) is 0 Å². The molecule has 0 aliphatic heterocycles. The molecule has 0 radical (unpaired) electrons. The summed E-state index contributed by atoms with van der Waals surface area (Å²) in [6.07, 6.45) is 15.7. The molecule has 0 atom stereocenters. The highest BCUT2D eigenvalue weighted by Gasteiger charge is 1.99. The molecule has 0 aromatic carbocycles. The average molecular weight is 200 g/mol. The zero-order valence-electron chi connectivity index (χ0n) is 9.58. The molecule has 80 valence electrons. The van der Waals surface area contributed by atoms with Crippen LogP contribution >= 0.6 is 0 Å². The minimum absolute atomic E-state index is 0.978. The molecule has 15 heavy (non-hydrogen) atoms. The van der Waals surface area contributed by atoms with Crippen LogP contribution in [0.4, 0.5) is 0 Å². The topological polar surface area (TPSA) is 0 Å². The summed E-state index contributed by atoms with van der Waals surface area (Å²) in [6, 6.07) is 0. The van der Waals surface area contributed by atoms with Gasteiger partial charge in [-0.15, -0.1) is 6.58 Å². The van der Waals surface area contributed by atoms with Crippen molar-refractivity contribution in [1.82, 2.24) is 0 Å². The van der Waals surface area contributed by atoms with Crippen LogP contribution in [0.3, 0.4) is 0 Å². The normalized spacial score (nSPS) is 12.9. The fourth-order valence-electron chi connectivity index (χ4n) is 1.30. The molecule has 0 heteroatoms. The Morgan fingerprint density at radius 3 is 2.20 bits per heavy atom. The van der Waals surface area contributed by atoms with Crippen molar-refractivity contribution >= 4 is 0 Å². The first kappa shape index (κ1) is 13.4. The molecule has 0 aromatic heterocycles. The van der Waals surface area contributed by atoms with E-state index in [1.165, 1.54) is 11.1 Å². The van der Waals surface area contributed by atoms with Crippen molar-refractivity contribution in [3.05, 3.63) is 73.4 Å². The minimum atomic E-state index is 0.978. The van der Waals surface area contributed by atoms with Crippen LogP contribution in [0, 0.1) is 0 Å². The van der Waals surface area contributed by atoms with Crippen molar-refractivity contribution in [3.63, 3.8) is 0 Å². The maximum absolute atomic E-state index is 3.73. The predicted molar refractivity (Wildman–Crippen MR) is 70.8 cm³/mol. The van der Waals surface area contributed by atoms with E-state index in [9.17, 15) is 0 Å². The molecule has 0 fully saturated rings. The van der Waals surface area contributed by atoms with E-state index < -0.39 is 0 Å². The second-order valence-corrected chi connectivity index (χ2v) is 3.11. The summed E-state index contributed by atoms with van der Waals surface area (Å²) in [5.74, 6) is 0. The van der Waals surface area contributed by atoms with Gasteiger partial charge < -0.3 is 0 Å². The van der Waals surface area contributed by atoms with Crippen LogP contribution in [0.15, 0.2) is 73.4 Å². The number of hydrogen-bond donors (Lipinski definition) is 0. The number of hydrogen-bond acceptors (Lipinski definition) is 0. The third kappa shape index (κ3) is 5.69. The third-order valence-corrected chi connectivity index (χ3v) is 1.95. The molecule has 0 nitrogen and oxygen atoms in total. The molecule has 0 aliphatic rings. The van der Waals surface area contributed by atoms with Crippen LogP contribution in [0.2, 0.25) is 0 Å². The van der Waals surface area contributed by atoms with Gasteiger partial charge in [0.25, 0.3) is 0 Å². The smallest absolute Gasteiger partial charge is 0.0228 e. The Morgan fingerprint density at radius 1 is 1.07 bits per heavy atom. The number of allylic oxidation sites excluding steroid dienone is 9. The van der Waals surface area contributed by atoms with Crippen LogP contribution in [0.5, 0.6) is 0 Å². The van der Waals surface area contributed by atoms with Gasteiger partial charge in [0.15, 0.2) is 0 Å². The van der Waals surface area contributed by atoms with Gasteiger partial charge in [-0.05, 0) is 30.9 Å². The SMILES string of the molecule is C=C/C=C(\C=C/C)C(=C/C=C)/CCC=C. The van der Waals surface area contributed by atoms with Crippen molar-refractivity contribution in [3.8, 4) is 0 Å². The van der Waals surface area contributed by atoms with E-state index in [0.29, 0.717) is 0 Å². The zero-order chi connectivity index (χ0) is 11.5. The molecule has 0 rings (SSSR count). The standard InChI is InChI=1S/C15H20/c1-5-9-13-15(12-8-4)14(10-6-2)11-7-3/h5-8,10-12H,1-2,4,9,13H2,3H3/b11-7-,14-10+,15-12+.